The molecule has 1 amide bonds. The number of carbonyl (C=O) groups excluding carboxylic acids is 1. The molecule has 0 aliphatic carbocycles. The molecule has 1 N–H and O–H groups in total. The Kier molecular flexibility index (Phi) is 6.10. The minimum Gasteiger partial charge on any atom is -0.497 e. The van der Waals surface area contributed by atoms with E-state index < -0.39 is 5.60 Å². The van der Waals surface area contributed by atoms with Crippen LogP contribution in [0.25, 0.3) is 22.6 Å². The Hall–Kier alpha value is -4.58. The topological polar surface area (TPSA) is 73.6 Å². The minimum absolute atomic E-state index is 0.196. The highest BCUT2D eigenvalue weighted by Crippen LogP contribution is 2.44. The molecule has 6 heteroatoms. The fourth-order valence-electron chi connectivity index (χ4n) is 5.41. The number of nitrogens with one attached hydrogen (secondary N) is 1. The van der Waals surface area contributed by atoms with E-state index in [4.69, 9.17) is 18.9 Å². The van der Waals surface area contributed by atoms with E-state index in [2.05, 4.69) is 37.4 Å². The summed E-state index contributed by atoms with van der Waals surface area (Å²) in [5, 5.41) is 3.07. The molecule has 1 aliphatic heterocycles. The summed E-state index contributed by atoms with van der Waals surface area (Å²) in [4.78, 5) is 17.8. The lowest BCUT2D eigenvalue weighted by Gasteiger charge is -2.25. The first-order valence-corrected chi connectivity index (χ1v) is 13.0. The van der Waals surface area contributed by atoms with E-state index in [0.29, 0.717) is 35.7 Å². The molecule has 0 radical (unpaired) electrons. The Morgan fingerprint density at radius 1 is 1.00 bits per heavy atom. The van der Waals surface area contributed by atoms with Crippen LogP contribution >= 0.6 is 0 Å². The third kappa shape index (κ3) is 4.86. The smallest absolute Gasteiger partial charge is 0.255 e. The van der Waals surface area contributed by atoms with Crippen LogP contribution in [0.2, 0.25) is 0 Å². The van der Waals surface area contributed by atoms with Gasteiger partial charge in [0.2, 0.25) is 5.89 Å². The maximum absolute atomic E-state index is 13.1. The number of oxazole rings is 1. The van der Waals surface area contributed by atoms with Crippen molar-refractivity contribution in [3.8, 4) is 23.0 Å². The molecular weight excluding hydrogens is 488 g/mol. The molecule has 6 nitrogen and oxygen atoms in total. The minimum atomic E-state index is -0.518. The molecule has 1 unspecified atom stereocenters. The average molecular weight is 519 g/mol. The van der Waals surface area contributed by atoms with Crippen molar-refractivity contribution in [2.75, 3.05) is 12.4 Å². The second kappa shape index (κ2) is 9.62. The van der Waals surface area contributed by atoms with Gasteiger partial charge < -0.3 is 19.2 Å². The highest BCUT2D eigenvalue weighted by atomic mass is 16.5. The standard InChI is InChI=1S/C33H30N2O4/c1-20-14-24(29-27(16-20)35-32(38-29)23-8-6-5-7-9-23)18-33(3)19-25-15-21(2)17-28(30(25)39-33)34-31(36)22-10-12-26(37-4)13-11-22/h5-17H,18-19H2,1-4H3,(H,34,36). The molecule has 1 aliphatic rings. The van der Waals surface area contributed by atoms with Gasteiger partial charge in [-0.2, -0.15) is 0 Å². The molecule has 196 valence electrons. The van der Waals surface area contributed by atoms with E-state index in [9.17, 15) is 4.79 Å². The van der Waals surface area contributed by atoms with Gasteiger partial charge in [-0.3, -0.25) is 4.79 Å². The van der Waals surface area contributed by atoms with Gasteiger partial charge in [-0.05, 0) is 80.4 Å². The van der Waals surface area contributed by atoms with Crippen molar-refractivity contribution in [3.05, 3.63) is 107 Å². The lowest BCUT2D eigenvalue weighted by molar-refractivity contribution is 0.102. The molecule has 5 aromatic rings. The summed E-state index contributed by atoms with van der Waals surface area (Å²) in [7, 11) is 1.60. The zero-order chi connectivity index (χ0) is 27.1. The number of amides is 1. The van der Waals surface area contributed by atoms with Gasteiger partial charge in [0.05, 0.1) is 12.8 Å². The molecule has 1 aromatic heterocycles. The van der Waals surface area contributed by atoms with E-state index in [0.717, 1.165) is 44.7 Å². The van der Waals surface area contributed by atoms with Gasteiger partial charge >= 0.3 is 0 Å². The number of rotatable bonds is 6. The summed E-state index contributed by atoms with van der Waals surface area (Å²) in [5.74, 6) is 1.84. The van der Waals surface area contributed by atoms with Gasteiger partial charge in [0, 0.05) is 35.1 Å². The number of aromatic nitrogens is 1. The van der Waals surface area contributed by atoms with Crippen molar-refractivity contribution in [1.29, 1.82) is 0 Å². The molecule has 39 heavy (non-hydrogen) atoms. The van der Waals surface area contributed by atoms with Crippen LogP contribution in [0.4, 0.5) is 5.69 Å². The van der Waals surface area contributed by atoms with Crippen molar-refractivity contribution >= 4 is 22.7 Å². The Morgan fingerprint density at radius 3 is 2.49 bits per heavy atom. The van der Waals surface area contributed by atoms with Crippen molar-refractivity contribution in [1.82, 2.24) is 4.98 Å². The van der Waals surface area contributed by atoms with Crippen molar-refractivity contribution in [3.63, 3.8) is 0 Å². The fraction of sp³-hybridized carbons (Fsp3) is 0.212. The summed E-state index contributed by atoms with van der Waals surface area (Å²) in [6, 6.07) is 25.3. The maximum atomic E-state index is 13.1. The van der Waals surface area contributed by atoms with Crippen LogP contribution < -0.4 is 14.8 Å². The summed E-state index contributed by atoms with van der Waals surface area (Å²) >= 11 is 0. The van der Waals surface area contributed by atoms with Gasteiger partial charge in [-0.25, -0.2) is 4.98 Å². The Bertz CT molecular complexity index is 1690. The first-order chi connectivity index (χ1) is 18.8. The van der Waals surface area contributed by atoms with E-state index in [1.54, 1.807) is 31.4 Å². The molecule has 4 aromatic carbocycles. The van der Waals surface area contributed by atoms with Gasteiger partial charge in [0.25, 0.3) is 5.91 Å². The Morgan fingerprint density at radius 2 is 1.74 bits per heavy atom. The van der Waals surface area contributed by atoms with Crippen molar-refractivity contribution in [2.45, 2.75) is 39.2 Å². The highest BCUT2D eigenvalue weighted by Gasteiger charge is 2.38. The first kappa shape index (κ1) is 24.7. The van der Waals surface area contributed by atoms with Gasteiger partial charge in [-0.15, -0.1) is 0 Å². The molecule has 0 saturated carbocycles. The van der Waals surface area contributed by atoms with Crippen LogP contribution in [0.15, 0.2) is 83.3 Å². The number of hydrogen-bond donors (Lipinski definition) is 1. The summed E-state index contributed by atoms with van der Waals surface area (Å²) in [6.45, 7) is 6.21. The van der Waals surface area contributed by atoms with E-state index in [-0.39, 0.29) is 5.91 Å². The zero-order valence-corrected chi connectivity index (χ0v) is 22.5. The van der Waals surface area contributed by atoms with E-state index in [1.807, 2.05) is 43.3 Å². The van der Waals surface area contributed by atoms with Crippen LogP contribution in [0.1, 0.15) is 39.5 Å². The highest BCUT2D eigenvalue weighted by molar-refractivity contribution is 6.05. The number of aryl methyl sites for hydroxylation is 2. The normalized spacial score (nSPS) is 16.1. The van der Waals surface area contributed by atoms with Crippen LogP contribution in [0.5, 0.6) is 11.5 Å². The van der Waals surface area contributed by atoms with Gasteiger partial charge in [0.1, 0.15) is 22.6 Å². The van der Waals surface area contributed by atoms with Crippen LogP contribution in [-0.2, 0) is 12.8 Å². The van der Waals surface area contributed by atoms with Crippen molar-refractivity contribution < 1.29 is 18.7 Å². The lowest BCUT2D eigenvalue weighted by atomic mass is 9.90. The molecule has 0 fully saturated rings. The molecule has 6 rings (SSSR count). The largest absolute Gasteiger partial charge is 0.497 e. The monoisotopic (exact) mass is 518 g/mol. The molecule has 2 heterocycles. The zero-order valence-electron chi connectivity index (χ0n) is 22.5. The van der Waals surface area contributed by atoms with Crippen molar-refractivity contribution in [2.24, 2.45) is 0 Å². The number of benzene rings is 4. The van der Waals surface area contributed by atoms with Gasteiger partial charge in [-0.1, -0.05) is 30.3 Å². The quantitative estimate of drug-likeness (QED) is 0.255. The predicted octanol–water partition coefficient (Wildman–Crippen LogP) is 7.31. The van der Waals surface area contributed by atoms with E-state index in [1.165, 1.54) is 0 Å². The Balaban J connectivity index is 1.29. The third-order valence-electron chi connectivity index (χ3n) is 7.12. The molecule has 0 spiro atoms. The summed E-state index contributed by atoms with van der Waals surface area (Å²) in [6.07, 6.45) is 1.35. The van der Waals surface area contributed by atoms with E-state index >= 15 is 0 Å². The van der Waals surface area contributed by atoms with Crippen LogP contribution in [-0.4, -0.2) is 23.6 Å². The number of nitrogens with zero attached hydrogens (tertiary/aromatic N) is 1. The number of hydrogen-bond acceptors (Lipinski definition) is 5. The molecule has 0 saturated heterocycles. The average Bonchev–Trinajstić information content (AvgIpc) is 3.50. The molecule has 1 atom stereocenters. The lowest BCUT2D eigenvalue weighted by Crippen LogP contribution is -2.33. The third-order valence-corrected chi connectivity index (χ3v) is 7.12. The summed E-state index contributed by atoms with van der Waals surface area (Å²) in [5.41, 5.74) is 7.58. The second-order valence-corrected chi connectivity index (χ2v) is 10.5. The number of ether oxygens (including phenoxy) is 2. The summed E-state index contributed by atoms with van der Waals surface area (Å²) < 4.78 is 18.2. The molecular formula is C33H30N2O4. The SMILES string of the molecule is COc1ccc(C(=O)Nc2cc(C)cc3c2OC(C)(Cc2cc(C)cc4nc(-c5ccccc5)oc24)C3)cc1. The van der Waals surface area contributed by atoms with Crippen LogP contribution in [0.3, 0.4) is 0 Å². The maximum Gasteiger partial charge on any atom is 0.255 e. The second-order valence-electron chi connectivity index (χ2n) is 10.5. The fourth-order valence-corrected chi connectivity index (χ4v) is 5.41. The van der Waals surface area contributed by atoms with Crippen LogP contribution in [0, 0.1) is 13.8 Å². The van der Waals surface area contributed by atoms with Gasteiger partial charge in [0.15, 0.2) is 5.58 Å². The molecule has 0 bridgehead atoms. The predicted molar refractivity (Wildman–Crippen MR) is 153 cm³/mol. The number of carbonyl (C=O) groups is 1. The number of anilines is 1. The number of methoxy groups -OCH3 is 1. The number of fused-ring (bicyclic) bond motifs is 2. The Labute approximate surface area is 227 Å². The first-order valence-electron chi connectivity index (χ1n) is 13.0.